The van der Waals surface area contributed by atoms with Gasteiger partial charge in [-0.1, -0.05) is 0 Å². The predicted octanol–water partition coefficient (Wildman–Crippen LogP) is -1.04. The second kappa shape index (κ2) is 3.73. The van der Waals surface area contributed by atoms with E-state index in [-0.39, 0.29) is 12.1 Å². The van der Waals surface area contributed by atoms with Crippen molar-refractivity contribution < 1.29 is 9.84 Å². The maximum Gasteiger partial charge on any atom is 0.188 e. The van der Waals surface area contributed by atoms with Gasteiger partial charge in [-0.3, -0.25) is 5.41 Å². The largest absolute Gasteiger partial charge is 0.388 e. The van der Waals surface area contributed by atoms with Gasteiger partial charge in [-0.15, -0.1) is 0 Å². The standard InChI is InChI=1S/C7H15N3O2/c1-2-12-6-4-10(7(8)9)3-5(6)11/h5-6,11H,2-4H2,1H3,(H3,8,9)/t5-,6-/m0/s1. The predicted molar refractivity (Wildman–Crippen MR) is 44.9 cm³/mol. The van der Waals surface area contributed by atoms with Crippen LogP contribution in [0.2, 0.25) is 0 Å². The van der Waals surface area contributed by atoms with Crippen LogP contribution < -0.4 is 5.73 Å². The zero-order chi connectivity index (χ0) is 9.14. The highest BCUT2D eigenvalue weighted by Gasteiger charge is 2.32. The van der Waals surface area contributed by atoms with E-state index in [4.69, 9.17) is 15.9 Å². The van der Waals surface area contributed by atoms with Crippen molar-refractivity contribution in [3.05, 3.63) is 0 Å². The quantitative estimate of drug-likeness (QED) is 0.368. The van der Waals surface area contributed by atoms with Gasteiger partial charge in [0.2, 0.25) is 0 Å². The fraction of sp³-hybridized carbons (Fsp3) is 0.857. The average Bonchev–Trinajstić information content (AvgIpc) is 2.34. The lowest BCUT2D eigenvalue weighted by Gasteiger charge is -2.14. The molecule has 12 heavy (non-hydrogen) atoms. The van der Waals surface area contributed by atoms with Crippen LogP contribution >= 0.6 is 0 Å². The van der Waals surface area contributed by atoms with Crippen molar-refractivity contribution in [1.82, 2.24) is 4.90 Å². The Bertz CT molecular complexity index is 174. The lowest BCUT2D eigenvalue weighted by atomic mass is 10.3. The molecule has 0 bridgehead atoms. The van der Waals surface area contributed by atoms with Gasteiger partial charge in [0.25, 0.3) is 0 Å². The van der Waals surface area contributed by atoms with E-state index < -0.39 is 6.10 Å². The van der Waals surface area contributed by atoms with Crippen molar-refractivity contribution in [2.75, 3.05) is 19.7 Å². The maximum absolute atomic E-state index is 9.42. The summed E-state index contributed by atoms with van der Waals surface area (Å²) in [5.41, 5.74) is 5.26. The molecule has 0 aliphatic carbocycles. The van der Waals surface area contributed by atoms with Gasteiger partial charge >= 0.3 is 0 Å². The summed E-state index contributed by atoms with van der Waals surface area (Å²) in [5, 5.41) is 16.6. The van der Waals surface area contributed by atoms with E-state index in [0.717, 1.165) is 0 Å². The van der Waals surface area contributed by atoms with Gasteiger partial charge in [0.1, 0.15) is 6.10 Å². The van der Waals surface area contributed by atoms with E-state index in [9.17, 15) is 5.11 Å². The molecule has 0 radical (unpaired) electrons. The average molecular weight is 173 g/mol. The third kappa shape index (κ3) is 1.86. The van der Waals surface area contributed by atoms with Crippen LogP contribution in [0, 0.1) is 5.41 Å². The van der Waals surface area contributed by atoms with E-state index >= 15 is 0 Å². The number of aliphatic hydroxyl groups excluding tert-OH is 1. The first-order chi connectivity index (χ1) is 5.65. The Kier molecular flexibility index (Phi) is 2.88. The van der Waals surface area contributed by atoms with Crippen LogP contribution in [0.25, 0.3) is 0 Å². The van der Waals surface area contributed by atoms with Gasteiger partial charge in [-0.25, -0.2) is 0 Å². The lowest BCUT2D eigenvalue weighted by Crippen LogP contribution is -2.35. The highest BCUT2D eigenvalue weighted by atomic mass is 16.5. The van der Waals surface area contributed by atoms with Crippen LogP contribution in [-0.2, 0) is 4.74 Å². The number of aliphatic hydroxyl groups is 1. The number of nitrogens with one attached hydrogen (secondary N) is 1. The summed E-state index contributed by atoms with van der Waals surface area (Å²) in [7, 11) is 0. The van der Waals surface area contributed by atoms with Crippen molar-refractivity contribution in [3.63, 3.8) is 0 Å². The molecule has 1 fully saturated rings. The fourth-order valence-electron chi connectivity index (χ4n) is 1.33. The van der Waals surface area contributed by atoms with Crippen LogP contribution in [0.15, 0.2) is 0 Å². The normalized spacial score (nSPS) is 29.3. The number of hydrogen-bond donors (Lipinski definition) is 3. The molecule has 1 heterocycles. The van der Waals surface area contributed by atoms with Crippen LogP contribution in [-0.4, -0.2) is 47.9 Å². The number of rotatable bonds is 2. The molecule has 1 aliphatic rings. The van der Waals surface area contributed by atoms with Gasteiger partial charge < -0.3 is 20.5 Å². The zero-order valence-corrected chi connectivity index (χ0v) is 7.16. The van der Waals surface area contributed by atoms with E-state index in [1.807, 2.05) is 6.92 Å². The number of hydrogen-bond acceptors (Lipinski definition) is 3. The Hall–Kier alpha value is -0.810. The molecule has 70 valence electrons. The van der Waals surface area contributed by atoms with Gasteiger partial charge in [-0.2, -0.15) is 0 Å². The van der Waals surface area contributed by atoms with Crippen molar-refractivity contribution >= 4 is 5.96 Å². The molecule has 0 aromatic rings. The minimum atomic E-state index is -0.520. The Labute approximate surface area is 71.6 Å². The summed E-state index contributed by atoms with van der Waals surface area (Å²) in [4.78, 5) is 1.60. The summed E-state index contributed by atoms with van der Waals surface area (Å²) in [6.45, 7) is 3.38. The molecule has 1 saturated heterocycles. The molecule has 0 unspecified atom stereocenters. The van der Waals surface area contributed by atoms with Gasteiger partial charge in [0.15, 0.2) is 5.96 Å². The summed E-state index contributed by atoms with van der Waals surface area (Å²) >= 11 is 0. The Morgan fingerprint density at radius 2 is 2.42 bits per heavy atom. The molecular weight excluding hydrogens is 158 g/mol. The molecule has 0 aromatic carbocycles. The van der Waals surface area contributed by atoms with Gasteiger partial charge in [0, 0.05) is 19.7 Å². The molecule has 5 nitrogen and oxygen atoms in total. The summed E-state index contributed by atoms with van der Waals surface area (Å²) in [5.74, 6) is -0.00347. The smallest absolute Gasteiger partial charge is 0.188 e. The lowest BCUT2D eigenvalue weighted by molar-refractivity contribution is -0.00220. The molecule has 2 atom stereocenters. The summed E-state index contributed by atoms with van der Waals surface area (Å²) < 4.78 is 5.25. The highest BCUT2D eigenvalue weighted by Crippen LogP contribution is 2.12. The molecule has 0 spiro atoms. The molecule has 0 saturated carbocycles. The fourth-order valence-corrected chi connectivity index (χ4v) is 1.33. The number of nitrogens with two attached hydrogens (primary N) is 1. The van der Waals surface area contributed by atoms with Gasteiger partial charge in [-0.05, 0) is 6.92 Å². The monoisotopic (exact) mass is 173 g/mol. The van der Waals surface area contributed by atoms with E-state index in [0.29, 0.717) is 19.7 Å². The second-order valence-corrected chi connectivity index (χ2v) is 2.85. The van der Waals surface area contributed by atoms with Crippen molar-refractivity contribution in [2.45, 2.75) is 19.1 Å². The van der Waals surface area contributed by atoms with E-state index in [1.165, 1.54) is 0 Å². The second-order valence-electron chi connectivity index (χ2n) is 2.85. The molecule has 0 aromatic heterocycles. The zero-order valence-electron chi connectivity index (χ0n) is 7.16. The van der Waals surface area contributed by atoms with Crippen molar-refractivity contribution in [1.29, 1.82) is 5.41 Å². The molecule has 4 N–H and O–H groups in total. The number of ether oxygens (including phenoxy) is 1. The summed E-state index contributed by atoms with van der Waals surface area (Å²) in [6.07, 6.45) is -0.715. The Morgan fingerprint density at radius 1 is 1.75 bits per heavy atom. The molecule has 5 heteroatoms. The molecule has 0 amide bonds. The Balaban J connectivity index is 2.44. The third-order valence-corrected chi connectivity index (χ3v) is 1.96. The van der Waals surface area contributed by atoms with Crippen LogP contribution in [0.5, 0.6) is 0 Å². The first kappa shape index (κ1) is 9.28. The first-order valence-electron chi connectivity index (χ1n) is 4.03. The molecule has 1 rings (SSSR count). The van der Waals surface area contributed by atoms with E-state index in [1.54, 1.807) is 4.90 Å². The minimum Gasteiger partial charge on any atom is -0.388 e. The van der Waals surface area contributed by atoms with Crippen LogP contribution in [0.4, 0.5) is 0 Å². The molecular formula is C7H15N3O2. The number of nitrogens with zero attached hydrogens (tertiary/aromatic N) is 1. The van der Waals surface area contributed by atoms with Crippen molar-refractivity contribution in [3.8, 4) is 0 Å². The number of guanidine groups is 1. The minimum absolute atomic E-state index is 0.00347. The highest BCUT2D eigenvalue weighted by molar-refractivity contribution is 5.75. The molecule has 1 aliphatic heterocycles. The van der Waals surface area contributed by atoms with Crippen molar-refractivity contribution in [2.24, 2.45) is 5.73 Å². The van der Waals surface area contributed by atoms with Crippen LogP contribution in [0.1, 0.15) is 6.92 Å². The summed E-state index contributed by atoms with van der Waals surface area (Å²) in [6, 6.07) is 0. The third-order valence-electron chi connectivity index (χ3n) is 1.96. The number of β-amino-alcohol motifs (C(OH)–C–C–N with tert-alkyl or cyclic N) is 1. The topological polar surface area (TPSA) is 82.6 Å². The van der Waals surface area contributed by atoms with Gasteiger partial charge in [0.05, 0.1) is 6.10 Å². The maximum atomic E-state index is 9.42. The number of likely N-dealkylation sites (tertiary alicyclic amines) is 1. The van der Waals surface area contributed by atoms with E-state index in [2.05, 4.69) is 0 Å². The SMILES string of the molecule is CCO[C@H]1CN(C(=N)N)C[C@@H]1O. The Morgan fingerprint density at radius 3 is 2.83 bits per heavy atom. The van der Waals surface area contributed by atoms with Crippen LogP contribution in [0.3, 0.4) is 0 Å². The first-order valence-corrected chi connectivity index (χ1v) is 4.03.